The molecule has 2 rings (SSSR count). The Labute approximate surface area is 148 Å². The molecule has 0 bridgehead atoms. The summed E-state index contributed by atoms with van der Waals surface area (Å²) in [6.45, 7) is 3.86. The van der Waals surface area contributed by atoms with Crippen LogP contribution in [-0.2, 0) is 16.4 Å². The molecule has 6 nitrogen and oxygen atoms in total. The molecule has 0 saturated heterocycles. The van der Waals surface area contributed by atoms with Crippen molar-refractivity contribution in [2.24, 2.45) is 0 Å². The van der Waals surface area contributed by atoms with E-state index >= 15 is 0 Å². The van der Waals surface area contributed by atoms with Crippen molar-refractivity contribution in [3.05, 3.63) is 35.3 Å². The van der Waals surface area contributed by atoms with Gasteiger partial charge in [0.25, 0.3) is 10.0 Å². The highest BCUT2D eigenvalue weighted by molar-refractivity contribution is 7.94. The van der Waals surface area contributed by atoms with Gasteiger partial charge in [0.15, 0.2) is 0 Å². The predicted molar refractivity (Wildman–Crippen MR) is 100 cm³/mol. The molecule has 0 saturated carbocycles. The zero-order chi connectivity index (χ0) is 17.6. The van der Waals surface area contributed by atoms with Crippen LogP contribution in [0.4, 0.5) is 11.5 Å². The number of rotatable bonds is 9. The van der Waals surface area contributed by atoms with Gasteiger partial charge in [-0.3, -0.25) is 4.72 Å². The van der Waals surface area contributed by atoms with Gasteiger partial charge in [0.1, 0.15) is 10.0 Å². The minimum atomic E-state index is -3.57. The van der Waals surface area contributed by atoms with Gasteiger partial charge in [-0.05, 0) is 57.7 Å². The molecule has 0 spiro atoms. The Morgan fingerprint density at radius 1 is 1.21 bits per heavy atom. The number of hydrogen-bond acceptors (Lipinski definition) is 6. The van der Waals surface area contributed by atoms with Crippen molar-refractivity contribution in [2.45, 2.75) is 24.0 Å². The number of sulfonamides is 1. The number of nitrogens with one attached hydrogen (secondary N) is 2. The summed E-state index contributed by atoms with van der Waals surface area (Å²) < 4.78 is 27.5. The molecular weight excluding hydrogens is 344 g/mol. The number of hydrogen-bond donors (Lipinski definition) is 2. The summed E-state index contributed by atoms with van der Waals surface area (Å²) in [4.78, 5) is 7.35. The second-order valence-corrected chi connectivity index (χ2v) is 8.77. The van der Waals surface area contributed by atoms with Crippen molar-refractivity contribution >= 4 is 32.9 Å². The molecule has 0 aliphatic carbocycles. The quantitative estimate of drug-likeness (QED) is 0.666. The second-order valence-electron chi connectivity index (χ2n) is 5.70. The van der Waals surface area contributed by atoms with Gasteiger partial charge < -0.3 is 10.2 Å². The second kappa shape index (κ2) is 8.46. The SMILES string of the molecule is CCc1ccc(S(=O)(=O)Nc2ccc(NCCCN(C)C)cn2)s1. The average molecular weight is 369 g/mol. The van der Waals surface area contributed by atoms with Crippen molar-refractivity contribution < 1.29 is 8.42 Å². The largest absolute Gasteiger partial charge is 0.384 e. The van der Waals surface area contributed by atoms with Crippen molar-refractivity contribution in [2.75, 3.05) is 37.2 Å². The Kier molecular flexibility index (Phi) is 6.59. The monoisotopic (exact) mass is 368 g/mol. The minimum absolute atomic E-state index is 0.312. The van der Waals surface area contributed by atoms with E-state index in [0.29, 0.717) is 10.0 Å². The first-order valence-electron chi connectivity index (χ1n) is 7.87. The van der Waals surface area contributed by atoms with Crippen LogP contribution in [-0.4, -0.2) is 45.5 Å². The summed E-state index contributed by atoms with van der Waals surface area (Å²) in [6, 6.07) is 6.96. The number of nitrogens with zero attached hydrogens (tertiary/aromatic N) is 2. The van der Waals surface area contributed by atoms with Crippen LogP contribution in [0.5, 0.6) is 0 Å². The molecule has 0 radical (unpaired) electrons. The predicted octanol–water partition coefficient (Wildman–Crippen LogP) is 2.87. The summed E-state index contributed by atoms with van der Waals surface area (Å²) in [7, 11) is 0.517. The van der Waals surface area contributed by atoms with Crippen LogP contribution in [0.2, 0.25) is 0 Å². The van der Waals surface area contributed by atoms with E-state index in [9.17, 15) is 8.42 Å². The lowest BCUT2D eigenvalue weighted by Gasteiger charge is -2.11. The first kappa shape index (κ1) is 18.7. The maximum absolute atomic E-state index is 12.3. The molecule has 2 N–H and O–H groups in total. The fourth-order valence-electron chi connectivity index (χ4n) is 2.07. The first-order valence-corrected chi connectivity index (χ1v) is 10.2. The Morgan fingerprint density at radius 2 is 2.00 bits per heavy atom. The van der Waals surface area contributed by atoms with Gasteiger partial charge in [-0.25, -0.2) is 13.4 Å². The van der Waals surface area contributed by atoms with Crippen molar-refractivity contribution in [3.63, 3.8) is 0 Å². The lowest BCUT2D eigenvalue weighted by atomic mass is 10.3. The highest BCUT2D eigenvalue weighted by Gasteiger charge is 2.17. The van der Waals surface area contributed by atoms with E-state index in [1.54, 1.807) is 18.3 Å². The highest BCUT2D eigenvalue weighted by atomic mass is 32.2. The molecular formula is C16H24N4O2S2. The standard InChI is InChI=1S/C16H24N4O2S2/c1-4-14-7-9-16(23-14)24(21,22)19-15-8-6-13(12-18-15)17-10-5-11-20(2)3/h6-9,12,17H,4-5,10-11H2,1-3H3,(H,18,19). The molecule has 8 heteroatoms. The molecule has 2 aromatic heterocycles. The van der Waals surface area contributed by atoms with Crippen LogP contribution in [0.15, 0.2) is 34.7 Å². The van der Waals surface area contributed by atoms with Gasteiger partial charge in [-0.2, -0.15) is 0 Å². The fraction of sp³-hybridized carbons (Fsp3) is 0.438. The molecule has 0 aromatic carbocycles. The van der Waals surface area contributed by atoms with Gasteiger partial charge in [0, 0.05) is 11.4 Å². The Morgan fingerprint density at radius 3 is 2.58 bits per heavy atom. The number of aryl methyl sites for hydroxylation is 1. The number of pyridine rings is 1. The van der Waals surface area contributed by atoms with Crippen LogP contribution in [0.3, 0.4) is 0 Å². The molecule has 0 aliphatic rings. The fourth-order valence-corrected chi connectivity index (χ4v) is 4.37. The number of anilines is 2. The van der Waals surface area contributed by atoms with E-state index in [1.165, 1.54) is 11.3 Å². The number of thiophene rings is 1. The third kappa shape index (κ3) is 5.47. The third-order valence-electron chi connectivity index (χ3n) is 3.36. The maximum atomic E-state index is 12.3. The molecule has 24 heavy (non-hydrogen) atoms. The van der Waals surface area contributed by atoms with Gasteiger partial charge in [-0.15, -0.1) is 11.3 Å². The Hall–Kier alpha value is -1.64. The van der Waals surface area contributed by atoms with E-state index in [4.69, 9.17) is 0 Å². The van der Waals surface area contributed by atoms with Crippen LogP contribution in [0.25, 0.3) is 0 Å². The van der Waals surface area contributed by atoms with Crippen LogP contribution >= 0.6 is 11.3 Å². The highest BCUT2D eigenvalue weighted by Crippen LogP contribution is 2.24. The average Bonchev–Trinajstić information content (AvgIpc) is 3.03. The lowest BCUT2D eigenvalue weighted by Crippen LogP contribution is -2.16. The van der Waals surface area contributed by atoms with E-state index < -0.39 is 10.0 Å². The molecule has 0 aliphatic heterocycles. The molecule has 0 atom stereocenters. The molecule has 132 valence electrons. The molecule has 2 heterocycles. The summed E-state index contributed by atoms with van der Waals surface area (Å²) in [5, 5.41) is 3.27. The maximum Gasteiger partial charge on any atom is 0.272 e. The Balaban J connectivity index is 1.93. The minimum Gasteiger partial charge on any atom is -0.384 e. The Bertz CT molecular complexity index is 740. The van der Waals surface area contributed by atoms with Crippen LogP contribution < -0.4 is 10.0 Å². The zero-order valence-electron chi connectivity index (χ0n) is 14.2. The van der Waals surface area contributed by atoms with Gasteiger partial charge in [0.2, 0.25) is 0 Å². The summed E-state index contributed by atoms with van der Waals surface area (Å²) in [5.41, 5.74) is 0.876. The van der Waals surface area contributed by atoms with Crippen molar-refractivity contribution in [3.8, 4) is 0 Å². The van der Waals surface area contributed by atoms with E-state index in [1.807, 2.05) is 33.2 Å². The molecule has 0 unspecified atom stereocenters. The van der Waals surface area contributed by atoms with Crippen LogP contribution in [0, 0.1) is 0 Å². The van der Waals surface area contributed by atoms with Gasteiger partial charge >= 0.3 is 0 Å². The van der Waals surface area contributed by atoms with Crippen molar-refractivity contribution in [1.82, 2.24) is 9.88 Å². The first-order chi connectivity index (χ1) is 11.4. The summed E-state index contributed by atoms with van der Waals surface area (Å²) >= 11 is 1.28. The smallest absolute Gasteiger partial charge is 0.272 e. The van der Waals surface area contributed by atoms with Gasteiger partial charge in [0.05, 0.1) is 11.9 Å². The summed E-state index contributed by atoms with van der Waals surface area (Å²) in [6.07, 6.45) is 3.49. The topological polar surface area (TPSA) is 74.3 Å². The van der Waals surface area contributed by atoms with E-state index in [-0.39, 0.29) is 0 Å². The lowest BCUT2D eigenvalue weighted by molar-refractivity contribution is 0.405. The number of aromatic nitrogens is 1. The van der Waals surface area contributed by atoms with E-state index in [0.717, 1.165) is 36.5 Å². The molecule has 0 fully saturated rings. The van der Waals surface area contributed by atoms with Crippen molar-refractivity contribution in [1.29, 1.82) is 0 Å². The zero-order valence-corrected chi connectivity index (χ0v) is 15.9. The van der Waals surface area contributed by atoms with Gasteiger partial charge in [-0.1, -0.05) is 6.92 Å². The van der Waals surface area contributed by atoms with E-state index in [2.05, 4.69) is 19.9 Å². The molecule has 0 amide bonds. The molecule has 2 aromatic rings. The summed E-state index contributed by atoms with van der Waals surface area (Å²) in [5.74, 6) is 0.320. The normalized spacial score (nSPS) is 11.7. The third-order valence-corrected chi connectivity index (χ3v) is 6.44. The van der Waals surface area contributed by atoms with Crippen LogP contribution in [0.1, 0.15) is 18.2 Å².